The number of hydrogen-bond acceptors (Lipinski definition) is 4. The van der Waals surface area contributed by atoms with Crippen molar-refractivity contribution in [2.75, 3.05) is 25.5 Å². The van der Waals surface area contributed by atoms with Crippen LogP contribution < -0.4 is 5.32 Å². The number of piperidine rings is 1. The smallest absolute Gasteiger partial charge is 0.337 e. The van der Waals surface area contributed by atoms with E-state index in [0.717, 1.165) is 25.1 Å². The van der Waals surface area contributed by atoms with Crippen molar-refractivity contribution >= 4 is 17.6 Å². The van der Waals surface area contributed by atoms with Crippen LogP contribution in [-0.4, -0.2) is 43.0 Å². The van der Waals surface area contributed by atoms with Crippen LogP contribution in [0.15, 0.2) is 48.5 Å². The first kappa shape index (κ1) is 19.9. The molecule has 1 saturated heterocycles. The van der Waals surface area contributed by atoms with Gasteiger partial charge in [-0.15, -0.1) is 0 Å². The summed E-state index contributed by atoms with van der Waals surface area (Å²) in [5.74, 6) is 0.0303. The SMILES string of the molecule is COC(=O)c1cccc(C(=O)N2CCC[C@@H](Nc3ccc(C(C)C)cc3)C2)c1. The molecule has 0 aromatic heterocycles. The van der Waals surface area contributed by atoms with Crippen LogP contribution in [0.5, 0.6) is 0 Å². The normalized spacial score (nSPS) is 16.7. The lowest BCUT2D eigenvalue weighted by Crippen LogP contribution is -2.45. The van der Waals surface area contributed by atoms with Crippen molar-refractivity contribution in [2.24, 2.45) is 0 Å². The Balaban J connectivity index is 1.65. The highest BCUT2D eigenvalue weighted by atomic mass is 16.5. The minimum Gasteiger partial charge on any atom is -0.465 e. The maximum absolute atomic E-state index is 12.9. The number of anilines is 1. The molecular weight excluding hydrogens is 352 g/mol. The highest BCUT2D eigenvalue weighted by molar-refractivity contribution is 5.98. The topological polar surface area (TPSA) is 58.6 Å². The molecule has 2 aromatic rings. The van der Waals surface area contributed by atoms with Crippen molar-refractivity contribution < 1.29 is 14.3 Å². The number of likely N-dealkylation sites (tertiary alicyclic amines) is 1. The van der Waals surface area contributed by atoms with Gasteiger partial charge in [0.2, 0.25) is 0 Å². The molecule has 28 heavy (non-hydrogen) atoms. The Hall–Kier alpha value is -2.82. The molecule has 0 unspecified atom stereocenters. The Kier molecular flexibility index (Phi) is 6.34. The van der Waals surface area contributed by atoms with Gasteiger partial charge in [0.25, 0.3) is 5.91 Å². The number of carbonyl (C=O) groups excluding carboxylic acids is 2. The molecule has 0 saturated carbocycles. The highest BCUT2D eigenvalue weighted by Crippen LogP contribution is 2.21. The van der Waals surface area contributed by atoms with E-state index in [9.17, 15) is 9.59 Å². The van der Waals surface area contributed by atoms with E-state index in [-0.39, 0.29) is 11.9 Å². The van der Waals surface area contributed by atoms with Crippen LogP contribution in [0.25, 0.3) is 0 Å². The number of nitrogens with one attached hydrogen (secondary N) is 1. The Morgan fingerprint density at radius 3 is 2.50 bits per heavy atom. The Morgan fingerprint density at radius 1 is 1.11 bits per heavy atom. The molecule has 1 N–H and O–H groups in total. The molecule has 1 atom stereocenters. The van der Waals surface area contributed by atoms with E-state index in [0.29, 0.717) is 23.6 Å². The van der Waals surface area contributed by atoms with Crippen LogP contribution in [0.4, 0.5) is 5.69 Å². The summed E-state index contributed by atoms with van der Waals surface area (Å²) in [6.07, 6.45) is 1.97. The fourth-order valence-corrected chi connectivity index (χ4v) is 3.56. The van der Waals surface area contributed by atoms with Crippen molar-refractivity contribution in [1.29, 1.82) is 0 Å². The van der Waals surface area contributed by atoms with Gasteiger partial charge in [-0.25, -0.2) is 4.79 Å². The summed E-state index contributed by atoms with van der Waals surface area (Å²) < 4.78 is 4.75. The summed E-state index contributed by atoms with van der Waals surface area (Å²) in [7, 11) is 1.34. The van der Waals surface area contributed by atoms with E-state index in [1.54, 1.807) is 24.3 Å². The van der Waals surface area contributed by atoms with Gasteiger partial charge in [-0.1, -0.05) is 32.0 Å². The van der Waals surface area contributed by atoms with Crippen LogP contribution in [0, 0.1) is 0 Å². The van der Waals surface area contributed by atoms with Crippen molar-refractivity contribution in [2.45, 2.75) is 38.6 Å². The van der Waals surface area contributed by atoms with E-state index >= 15 is 0 Å². The summed E-state index contributed by atoms with van der Waals surface area (Å²) in [6, 6.07) is 15.5. The van der Waals surface area contributed by atoms with Gasteiger partial charge in [-0.3, -0.25) is 4.79 Å². The number of carbonyl (C=O) groups is 2. The molecule has 0 aliphatic carbocycles. The molecule has 1 fully saturated rings. The molecule has 5 nitrogen and oxygen atoms in total. The summed E-state index contributed by atoms with van der Waals surface area (Å²) in [6.45, 7) is 5.74. The van der Waals surface area contributed by atoms with Gasteiger partial charge in [0.15, 0.2) is 0 Å². The molecule has 1 aliphatic rings. The number of nitrogens with zero attached hydrogens (tertiary/aromatic N) is 1. The molecule has 5 heteroatoms. The molecule has 1 heterocycles. The fourth-order valence-electron chi connectivity index (χ4n) is 3.56. The third-order valence-corrected chi connectivity index (χ3v) is 5.19. The van der Waals surface area contributed by atoms with E-state index in [1.807, 2.05) is 4.90 Å². The maximum atomic E-state index is 12.9. The third kappa shape index (κ3) is 4.71. The van der Waals surface area contributed by atoms with Crippen molar-refractivity contribution in [3.05, 3.63) is 65.2 Å². The molecule has 148 valence electrons. The lowest BCUT2D eigenvalue weighted by molar-refractivity contribution is 0.0600. The molecule has 0 spiro atoms. The predicted octanol–water partition coefficient (Wildman–Crippen LogP) is 4.31. The summed E-state index contributed by atoms with van der Waals surface area (Å²) in [4.78, 5) is 26.5. The van der Waals surface area contributed by atoms with Crippen molar-refractivity contribution in [1.82, 2.24) is 4.90 Å². The van der Waals surface area contributed by atoms with Crippen LogP contribution in [-0.2, 0) is 4.74 Å². The number of esters is 1. The zero-order valence-electron chi connectivity index (χ0n) is 16.8. The summed E-state index contributed by atoms with van der Waals surface area (Å²) >= 11 is 0. The number of rotatable bonds is 5. The van der Waals surface area contributed by atoms with Gasteiger partial charge in [0.05, 0.1) is 12.7 Å². The largest absolute Gasteiger partial charge is 0.465 e. The Morgan fingerprint density at radius 2 is 1.82 bits per heavy atom. The summed E-state index contributed by atoms with van der Waals surface area (Å²) in [5.41, 5.74) is 3.31. The average Bonchev–Trinajstić information content (AvgIpc) is 2.73. The minimum absolute atomic E-state index is 0.0487. The monoisotopic (exact) mass is 380 g/mol. The van der Waals surface area contributed by atoms with Crippen LogP contribution in [0.3, 0.4) is 0 Å². The van der Waals surface area contributed by atoms with Gasteiger partial charge >= 0.3 is 5.97 Å². The second-order valence-electron chi connectivity index (χ2n) is 7.58. The average molecular weight is 380 g/mol. The van der Waals surface area contributed by atoms with Crippen LogP contribution in [0.1, 0.15) is 58.9 Å². The number of hydrogen-bond donors (Lipinski definition) is 1. The number of ether oxygens (including phenoxy) is 1. The Labute approximate surface area is 166 Å². The van der Waals surface area contributed by atoms with Gasteiger partial charge in [-0.05, 0) is 54.7 Å². The van der Waals surface area contributed by atoms with E-state index < -0.39 is 5.97 Å². The molecule has 3 rings (SSSR count). The second-order valence-corrected chi connectivity index (χ2v) is 7.58. The first-order valence-electron chi connectivity index (χ1n) is 9.82. The predicted molar refractivity (Wildman–Crippen MR) is 111 cm³/mol. The van der Waals surface area contributed by atoms with E-state index in [2.05, 4.69) is 43.4 Å². The molecule has 1 amide bonds. The van der Waals surface area contributed by atoms with Gasteiger partial charge in [0.1, 0.15) is 0 Å². The van der Waals surface area contributed by atoms with Crippen LogP contribution in [0.2, 0.25) is 0 Å². The standard InChI is InChI=1S/C23H28N2O3/c1-16(2)17-9-11-20(12-10-17)24-21-8-5-13-25(15-21)22(26)18-6-4-7-19(14-18)23(27)28-3/h4,6-7,9-12,14,16,21,24H,5,8,13,15H2,1-3H3/t21-/m1/s1. The number of amides is 1. The summed E-state index contributed by atoms with van der Waals surface area (Å²) in [5, 5.41) is 3.55. The quantitative estimate of drug-likeness (QED) is 0.785. The highest BCUT2D eigenvalue weighted by Gasteiger charge is 2.25. The van der Waals surface area contributed by atoms with Gasteiger partial charge < -0.3 is 15.0 Å². The fraction of sp³-hybridized carbons (Fsp3) is 0.391. The van der Waals surface area contributed by atoms with Crippen molar-refractivity contribution in [3.8, 4) is 0 Å². The van der Waals surface area contributed by atoms with Crippen molar-refractivity contribution in [3.63, 3.8) is 0 Å². The minimum atomic E-state index is -0.433. The molecule has 1 aliphatic heterocycles. The first-order chi connectivity index (χ1) is 13.5. The molecule has 0 bridgehead atoms. The van der Waals surface area contributed by atoms with Gasteiger partial charge in [-0.2, -0.15) is 0 Å². The lowest BCUT2D eigenvalue weighted by atomic mass is 10.0. The zero-order valence-corrected chi connectivity index (χ0v) is 16.8. The number of benzene rings is 2. The molecular formula is C23H28N2O3. The Bertz CT molecular complexity index is 830. The van der Waals surface area contributed by atoms with E-state index in [1.165, 1.54) is 12.7 Å². The first-order valence-corrected chi connectivity index (χ1v) is 9.82. The second kappa shape index (κ2) is 8.91. The van der Waals surface area contributed by atoms with Gasteiger partial charge in [0, 0.05) is 30.4 Å². The maximum Gasteiger partial charge on any atom is 0.337 e. The molecule has 2 aromatic carbocycles. The van der Waals surface area contributed by atoms with Crippen LogP contribution >= 0.6 is 0 Å². The third-order valence-electron chi connectivity index (χ3n) is 5.19. The molecule has 0 radical (unpaired) electrons. The lowest BCUT2D eigenvalue weighted by Gasteiger charge is -2.34. The zero-order chi connectivity index (χ0) is 20.1. The van der Waals surface area contributed by atoms with E-state index in [4.69, 9.17) is 4.74 Å². The number of methoxy groups -OCH3 is 1.